The maximum absolute atomic E-state index is 11.8. The van der Waals surface area contributed by atoms with Gasteiger partial charge in [-0.1, -0.05) is 18.9 Å². The normalized spacial score (nSPS) is 23.6. The minimum atomic E-state index is -0.731. The van der Waals surface area contributed by atoms with E-state index in [0.29, 0.717) is 11.4 Å². The van der Waals surface area contributed by atoms with Crippen molar-refractivity contribution in [1.29, 1.82) is 0 Å². The Bertz CT molecular complexity index is 416. The van der Waals surface area contributed by atoms with Gasteiger partial charge in [0.2, 0.25) is 0 Å². The molecule has 4 nitrogen and oxygen atoms in total. The first-order valence-electron chi connectivity index (χ1n) is 6.23. The van der Waals surface area contributed by atoms with Crippen LogP contribution in [0.4, 0.5) is 0 Å². The molecule has 0 bridgehead atoms. The smallest absolute Gasteiger partial charge is 0.306 e. The van der Waals surface area contributed by atoms with Gasteiger partial charge >= 0.3 is 5.97 Å². The third-order valence-electron chi connectivity index (χ3n) is 3.50. The quantitative estimate of drug-likeness (QED) is 0.880. The molecule has 0 radical (unpaired) electrons. The van der Waals surface area contributed by atoms with E-state index in [-0.39, 0.29) is 17.7 Å². The van der Waals surface area contributed by atoms with Crippen molar-refractivity contribution in [2.24, 2.45) is 11.8 Å². The Labute approximate surface area is 110 Å². The molecule has 1 aliphatic rings. The molecule has 5 heteroatoms. The molecule has 0 spiro atoms. The van der Waals surface area contributed by atoms with Gasteiger partial charge < -0.3 is 10.4 Å². The van der Waals surface area contributed by atoms with Crippen molar-refractivity contribution in [2.45, 2.75) is 25.7 Å². The first kappa shape index (κ1) is 13.1. The molecular formula is C13H17NO3S. The molecule has 2 rings (SSSR count). The van der Waals surface area contributed by atoms with Crippen LogP contribution in [0.25, 0.3) is 0 Å². The third-order valence-corrected chi connectivity index (χ3v) is 4.36. The fourth-order valence-corrected chi connectivity index (χ4v) is 3.14. The number of carboxylic acid groups (broad SMARTS) is 1. The van der Waals surface area contributed by atoms with Gasteiger partial charge in [0.05, 0.1) is 10.8 Å². The fraction of sp³-hybridized carbons (Fsp3) is 0.538. The fourth-order valence-electron chi connectivity index (χ4n) is 2.50. The highest BCUT2D eigenvalue weighted by molar-refractivity contribution is 7.12. The van der Waals surface area contributed by atoms with Crippen molar-refractivity contribution in [3.63, 3.8) is 0 Å². The van der Waals surface area contributed by atoms with E-state index in [0.717, 1.165) is 25.7 Å². The number of carbonyl (C=O) groups is 2. The number of nitrogens with one attached hydrogen (secondary N) is 1. The lowest BCUT2D eigenvalue weighted by atomic mass is 9.79. The molecule has 2 unspecified atom stereocenters. The van der Waals surface area contributed by atoms with E-state index in [1.807, 2.05) is 11.4 Å². The maximum atomic E-state index is 11.8. The van der Waals surface area contributed by atoms with Gasteiger partial charge in [0.1, 0.15) is 0 Å². The molecule has 98 valence electrons. The molecule has 1 saturated carbocycles. The standard InChI is InChI=1S/C13H17NO3S/c15-12(11-6-3-7-18-11)14-8-9-4-1-2-5-10(9)13(16)17/h3,6-7,9-10H,1-2,4-5,8H2,(H,14,15)(H,16,17). The SMILES string of the molecule is O=C(NCC1CCCCC1C(=O)O)c1cccs1. The zero-order valence-electron chi connectivity index (χ0n) is 10.1. The van der Waals surface area contributed by atoms with Crippen LogP contribution in [0.3, 0.4) is 0 Å². The lowest BCUT2D eigenvalue weighted by Crippen LogP contribution is -2.37. The Morgan fingerprint density at radius 1 is 1.39 bits per heavy atom. The van der Waals surface area contributed by atoms with Crippen LogP contribution in [0.1, 0.15) is 35.4 Å². The minimum Gasteiger partial charge on any atom is -0.481 e. The summed E-state index contributed by atoms with van der Waals surface area (Å²) in [5.41, 5.74) is 0. The van der Waals surface area contributed by atoms with Crippen molar-refractivity contribution < 1.29 is 14.7 Å². The second-order valence-corrected chi connectivity index (χ2v) is 5.62. The Balaban J connectivity index is 1.88. The zero-order chi connectivity index (χ0) is 13.0. The van der Waals surface area contributed by atoms with E-state index in [1.165, 1.54) is 11.3 Å². The summed E-state index contributed by atoms with van der Waals surface area (Å²) in [7, 11) is 0. The average Bonchev–Trinajstić information content (AvgIpc) is 2.90. The van der Waals surface area contributed by atoms with Crippen LogP contribution in [-0.4, -0.2) is 23.5 Å². The summed E-state index contributed by atoms with van der Waals surface area (Å²) in [6, 6.07) is 3.61. The Hall–Kier alpha value is -1.36. The van der Waals surface area contributed by atoms with Crippen LogP contribution < -0.4 is 5.32 Å². The summed E-state index contributed by atoms with van der Waals surface area (Å²) in [6.45, 7) is 0.466. The second kappa shape index (κ2) is 6.00. The van der Waals surface area contributed by atoms with Crippen LogP contribution in [0.15, 0.2) is 17.5 Å². The molecule has 1 aliphatic carbocycles. The van der Waals surface area contributed by atoms with Gasteiger partial charge in [-0.15, -0.1) is 11.3 Å². The third kappa shape index (κ3) is 3.10. The molecule has 0 aromatic carbocycles. The van der Waals surface area contributed by atoms with Crippen molar-refractivity contribution in [3.8, 4) is 0 Å². The van der Waals surface area contributed by atoms with Crippen LogP contribution in [0, 0.1) is 11.8 Å². The van der Waals surface area contributed by atoms with Crippen molar-refractivity contribution in [3.05, 3.63) is 22.4 Å². The summed E-state index contributed by atoms with van der Waals surface area (Å²) in [4.78, 5) is 23.6. The van der Waals surface area contributed by atoms with Crippen molar-refractivity contribution in [1.82, 2.24) is 5.32 Å². The highest BCUT2D eigenvalue weighted by atomic mass is 32.1. The predicted octanol–water partition coefficient (Wildman–Crippen LogP) is 2.37. The first-order chi connectivity index (χ1) is 8.68. The van der Waals surface area contributed by atoms with Gasteiger partial charge in [0, 0.05) is 6.54 Å². The van der Waals surface area contributed by atoms with Crippen molar-refractivity contribution >= 4 is 23.2 Å². The number of hydrogen-bond donors (Lipinski definition) is 2. The number of amides is 1. The summed E-state index contributed by atoms with van der Waals surface area (Å²) in [5.74, 6) is -1.06. The molecular weight excluding hydrogens is 250 g/mol. The number of carboxylic acids is 1. The molecule has 1 heterocycles. The molecule has 1 aromatic rings. The largest absolute Gasteiger partial charge is 0.481 e. The molecule has 2 N–H and O–H groups in total. The Kier molecular flexibility index (Phi) is 4.36. The highest BCUT2D eigenvalue weighted by Crippen LogP contribution is 2.29. The van der Waals surface area contributed by atoms with E-state index < -0.39 is 5.97 Å². The number of rotatable bonds is 4. The lowest BCUT2D eigenvalue weighted by Gasteiger charge is -2.28. The Morgan fingerprint density at radius 3 is 2.83 bits per heavy atom. The number of thiophene rings is 1. The topological polar surface area (TPSA) is 66.4 Å². The summed E-state index contributed by atoms with van der Waals surface area (Å²) in [6.07, 6.45) is 3.66. The Morgan fingerprint density at radius 2 is 2.17 bits per heavy atom. The van der Waals surface area contributed by atoms with Gasteiger partial charge in [0.15, 0.2) is 0 Å². The van der Waals surface area contributed by atoms with Gasteiger partial charge in [0.25, 0.3) is 5.91 Å². The van der Waals surface area contributed by atoms with Crippen LogP contribution in [0.2, 0.25) is 0 Å². The van der Waals surface area contributed by atoms with Crippen LogP contribution in [-0.2, 0) is 4.79 Å². The monoisotopic (exact) mass is 267 g/mol. The molecule has 1 fully saturated rings. The average molecular weight is 267 g/mol. The van der Waals surface area contributed by atoms with E-state index in [1.54, 1.807) is 6.07 Å². The van der Waals surface area contributed by atoms with Gasteiger partial charge in [-0.2, -0.15) is 0 Å². The van der Waals surface area contributed by atoms with E-state index in [9.17, 15) is 9.59 Å². The molecule has 0 aliphatic heterocycles. The summed E-state index contributed by atoms with van der Waals surface area (Å²) in [5, 5.41) is 13.9. The van der Waals surface area contributed by atoms with E-state index in [4.69, 9.17) is 5.11 Å². The predicted molar refractivity (Wildman–Crippen MR) is 69.7 cm³/mol. The molecule has 0 saturated heterocycles. The summed E-state index contributed by atoms with van der Waals surface area (Å²) >= 11 is 1.40. The van der Waals surface area contributed by atoms with E-state index in [2.05, 4.69) is 5.32 Å². The molecule has 18 heavy (non-hydrogen) atoms. The van der Waals surface area contributed by atoms with Gasteiger partial charge in [-0.25, -0.2) is 0 Å². The molecule has 1 aromatic heterocycles. The van der Waals surface area contributed by atoms with Crippen LogP contribution in [0.5, 0.6) is 0 Å². The van der Waals surface area contributed by atoms with Crippen molar-refractivity contribution in [2.75, 3.05) is 6.54 Å². The van der Waals surface area contributed by atoms with Gasteiger partial charge in [-0.05, 0) is 30.2 Å². The van der Waals surface area contributed by atoms with Gasteiger partial charge in [-0.3, -0.25) is 9.59 Å². The number of aliphatic carboxylic acids is 1. The number of hydrogen-bond acceptors (Lipinski definition) is 3. The van der Waals surface area contributed by atoms with Crippen LogP contribution >= 0.6 is 11.3 Å². The molecule has 2 atom stereocenters. The highest BCUT2D eigenvalue weighted by Gasteiger charge is 2.30. The van der Waals surface area contributed by atoms with E-state index >= 15 is 0 Å². The second-order valence-electron chi connectivity index (χ2n) is 4.68. The summed E-state index contributed by atoms with van der Waals surface area (Å²) < 4.78 is 0. The minimum absolute atomic E-state index is 0.0696. The molecule has 1 amide bonds. The lowest BCUT2D eigenvalue weighted by molar-refractivity contribution is -0.144. The zero-order valence-corrected chi connectivity index (χ0v) is 10.9. The maximum Gasteiger partial charge on any atom is 0.306 e. The first-order valence-corrected chi connectivity index (χ1v) is 7.11. The number of carbonyl (C=O) groups excluding carboxylic acids is 1.